The molecule has 0 unspecified atom stereocenters. The van der Waals surface area contributed by atoms with Crippen LogP contribution in [-0.4, -0.2) is 23.4 Å². The third-order valence-electron chi connectivity index (χ3n) is 4.64. The lowest BCUT2D eigenvalue weighted by Crippen LogP contribution is -2.26. The van der Waals surface area contributed by atoms with Crippen LogP contribution in [0.15, 0.2) is 72.8 Å². The number of Topliss-reactive ketones (excluding diaryl/α,β-unsaturated/α-hetero) is 2. The maximum Gasteiger partial charge on any atom is 0.262 e. The van der Waals surface area contributed by atoms with Crippen LogP contribution in [0.5, 0.6) is 0 Å². The molecule has 0 saturated heterocycles. The quantitative estimate of drug-likeness (QED) is 0.628. The van der Waals surface area contributed by atoms with Gasteiger partial charge in [0.05, 0.1) is 0 Å². The van der Waals surface area contributed by atoms with Crippen molar-refractivity contribution in [2.24, 2.45) is 5.73 Å². The van der Waals surface area contributed by atoms with Crippen LogP contribution < -0.4 is 10.6 Å². The van der Waals surface area contributed by atoms with Gasteiger partial charge in [0, 0.05) is 33.6 Å². The molecule has 3 rings (SSSR count). The van der Waals surface area contributed by atoms with Crippen molar-refractivity contribution in [2.75, 3.05) is 4.90 Å². The number of carbonyl (C=O) groups excluding carboxylic acids is 4. The molecule has 0 atom stereocenters. The molecule has 3 aromatic carbocycles. The SMILES string of the molecule is CC(=O)c1cccc(N(C(=O)c2ccc(C(N)=O)cc2)c2cccc(C(C)=O)c2)c1. The first kappa shape index (κ1) is 20.7. The molecule has 0 bridgehead atoms. The molecule has 2 N–H and O–H groups in total. The van der Waals surface area contributed by atoms with Gasteiger partial charge in [0.1, 0.15) is 0 Å². The molecule has 0 aliphatic heterocycles. The van der Waals surface area contributed by atoms with Crippen molar-refractivity contribution in [3.8, 4) is 0 Å². The van der Waals surface area contributed by atoms with Gasteiger partial charge >= 0.3 is 0 Å². The highest BCUT2D eigenvalue weighted by Crippen LogP contribution is 2.29. The smallest absolute Gasteiger partial charge is 0.262 e. The Morgan fingerprint density at radius 3 is 1.47 bits per heavy atom. The van der Waals surface area contributed by atoms with Crippen molar-refractivity contribution in [2.45, 2.75) is 13.8 Å². The zero-order valence-corrected chi connectivity index (χ0v) is 16.6. The van der Waals surface area contributed by atoms with Gasteiger partial charge < -0.3 is 5.73 Å². The molecule has 30 heavy (non-hydrogen) atoms. The van der Waals surface area contributed by atoms with Gasteiger partial charge in [-0.3, -0.25) is 24.1 Å². The van der Waals surface area contributed by atoms with Crippen LogP contribution in [-0.2, 0) is 0 Å². The fourth-order valence-electron chi connectivity index (χ4n) is 3.02. The Labute approximate surface area is 173 Å². The molecule has 0 radical (unpaired) electrons. The fourth-order valence-corrected chi connectivity index (χ4v) is 3.02. The number of benzene rings is 3. The van der Waals surface area contributed by atoms with Crippen molar-refractivity contribution in [3.63, 3.8) is 0 Å². The summed E-state index contributed by atoms with van der Waals surface area (Å²) in [6.45, 7) is 2.90. The normalized spacial score (nSPS) is 10.3. The van der Waals surface area contributed by atoms with Crippen LogP contribution in [0.3, 0.4) is 0 Å². The maximum absolute atomic E-state index is 13.4. The van der Waals surface area contributed by atoms with Crippen molar-refractivity contribution in [1.29, 1.82) is 0 Å². The number of nitrogens with zero attached hydrogens (tertiary/aromatic N) is 1. The zero-order chi connectivity index (χ0) is 21.8. The largest absolute Gasteiger partial charge is 0.366 e. The topological polar surface area (TPSA) is 97.5 Å². The second-order valence-corrected chi connectivity index (χ2v) is 6.80. The van der Waals surface area contributed by atoms with E-state index in [2.05, 4.69) is 0 Å². The van der Waals surface area contributed by atoms with Gasteiger partial charge in [0.2, 0.25) is 5.91 Å². The molecule has 6 heteroatoms. The fraction of sp³-hybridized carbons (Fsp3) is 0.0833. The van der Waals surface area contributed by atoms with Crippen LogP contribution >= 0.6 is 0 Å². The number of hydrogen-bond acceptors (Lipinski definition) is 4. The number of primary amides is 1. The molecule has 6 nitrogen and oxygen atoms in total. The summed E-state index contributed by atoms with van der Waals surface area (Å²) in [7, 11) is 0. The summed E-state index contributed by atoms with van der Waals surface area (Å²) in [4.78, 5) is 49.9. The van der Waals surface area contributed by atoms with Crippen molar-refractivity contribution >= 4 is 34.8 Å². The van der Waals surface area contributed by atoms with Crippen molar-refractivity contribution in [1.82, 2.24) is 0 Å². The minimum absolute atomic E-state index is 0.132. The second-order valence-electron chi connectivity index (χ2n) is 6.80. The van der Waals surface area contributed by atoms with E-state index >= 15 is 0 Å². The number of rotatable bonds is 6. The number of nitrogens with two attached hydrogens (primary N) is 1. The Morgan fingerprint density at radius 2 is 1.07 bits per heavy atom. The van der Waals surface area contributed by atoms with Gasteiger partial charge in [0.15, 0.2) is 11.6 Å². The van der Waals surface area contributed by atoms with E-state index < -0.39 is 5.91 Å². The molecular formula is C24H20N2O4. The molecule has 2 amide bonds. The first-order valence-electron chi connectivity index (χ1n) is 9.24. The Kier molecular flexibility index (Phi) is 5.88. The predicted octanol–water partition coefficient (Wildman–Crippen LogP) is 4.17. The van der Waals surface area contributed by atoms with Crippen LogP contribution in [0.2, 0.25) is 0 Å². The standard InChI is InChI=1S/C24H20N2O4/c1-15(27)19-5-3-7-21(13-19)26(22-8-4-6-20(14-22)16(2)28)24(30)18-11-9-17(10-12-18)23(25)29/h3-14H,1-2H3,(H2,25,29). The summed E-state index contributed by atoms with van der Waals surface area (Å²) in [6.07, 6.45) is 0. The lowest BCUT2D eigenvalue weighted by atomic mass is 10.1. The summed E-state index contributed by atoms with van der Waals surface area (Å²) in [5.74, 6) is -1.23. The van der Waals surface area contributed by atoms with Crippen LogP contribution in [0.1, 0.15) is 55.3 Å². The third kappa shape index (κ3) is 4.33. The Balaban J connectivity index is 2.14. The van der Waals surface area contributed by atoms with E-state index in [9.17, 15) is 19.2 Å². The van der Waals surface area contributed by atoms with Crippen molar-refractivity contribution in [3.05, 3.63) is 95.1 Å². The average Bonchev–Trinajstić information content (AvgIpc) is 2.74. The molecule has 0 aliphatic rings. The van der Waals surface area contributed by atoms with Gasteiger partial charge in [-0.1, -0.05) is 24.3 Å². The molecule has 0 heterocycles. The average molecular weight is 400 g/mol. The summed E-state index contributed by atoms with van der Waals surface area (Å²) in [5, 5.41) is 0. The maximum atomic E-state index is 13.4. The highest BCUT2D eigenvalue weighted by molar-refractivity contribution is 6.12. The summed E-state index contributed by atoms with van der Waals surface area (Å²) >= 11 is 0. The number of hydrogen-bond donors (Lipinski definition) is 1. The van der Waals surface area contributed by atoms with Gasteiger partial charge in [-0.15, -0.1) is 0 Å². The van der Waals surface area contributed by atoms with E-state index in [0.717, 1.165) is 0 Å². The molecule has 150 valence electrons. The first-order chi connectivity index (χ1) is 14.3. The Morgan fingerprint density at radius 1 is 0.633 bits per heavy atom. The summed E-state index contributed by atoms with van der Waals surface area (Å²) in [5.41, 5.74) is 7.75. The molecule has 0 saturated carbocycles. The lowest BCUT2D eigenvalue weighted by molar-refractivity contribution is 0.0987. The molecule has 0 aliphatic carbocycles. The molecule has 0 aromatic heterocycles. The molecule has 0 spiro atoms. The number of ketones is 2. The minimum atomic E-state index is -0.589. The van der Waals surface area contributed by atoms with E-state index in [1.807, 2.05) is 0 Å². The molecule has 0 fully saturated rings. The van der Waals surface area contributed by atoms with Gasteiger partial charge in [-0.2, -0.15) is 0 Å². The minimum Gasteiger partial charge on any atom is -0.366 e. The Hall–Kier alpha value is -4.06. The summed E-state index contributed by atoms with van der Waals surface area (Å²) < 4.78 is 0. The van der Waals surface area contributed by atoms with E-state index in [1.165, 1.54) is 43.0 Å². The molecular weight excluding hydrogens is 380 g/mol. The highest BCUT2D eigenvalue weighted by atomic mass is 16.2. The first-order valence-corrected chi connectivity index (χ1v) is 9.24. The van der Waals surface area contributed by atoms with E-state index in [0.29, 0.717) is 28.1 Å². The van der Waals surface area contributed by atoms with Crippen LogP contribution in [0, 0.1) is 0 Å². The van der Waals surface area contributed by atoms with E-state index in [4.69, 9.17) is 5.73 Å². The highest BCUT2D eigenvalue weighted by Gasteiger charge is 2.21. The van der Waals surface area contributed by atoms with E-state index in [-0.39, 0.29) is 23.0 Å². The monoisotopic (exact) mass is 400 g/mol. The Bertz CT molecular complexity index is 1090. The number of carbonyl (C=O) groups is 4. The predicted molar refractivity (Wildman–Crippen MR) is 114 cm³/mol. The zero-order valence-electron chi connectivity index (χ0n) is 16.6. The third-order valence-corrected chi connectivity index (χ3v) is 4.64. The van der Waals surface area contributed by atoms with E-state index in [1.54, 1.807) is 48.5 Å². The lowest BCUT2D eigenvalue weighted by Gasteiger charge is -2.24. The van der Waals surface area contributed by atoms with Gasteiger partial charge in [0.25, 0.3) is 5.91 Å². The second kappa shape index (κ2) is 8.53. The van der Waals surface area contributed by atoms with Gasteiger partial charge in [-0.05, 0) is 62.4 Å². The van der Waals surface area contributed by atoms with Crippen LogP contribution in [0.4, 0.5) is 11.4 Å². The van der Waals surface area contributed by atoms with Crippen molar-refractivity contribution < 1.29 is 19.2 Å². The number of anilines is 2. The molecule has 3 aromatic rings. The summed E-state index contributed by atoms with van der Waals surface area (Å²) in [6, 6.07) is 19.4. The number of amides is 2. The van der Waals surface area contributed by atoms with Crippen LogP contribution in [0.25, 0.3) is 0 Å². The van der Waals surface area contributed by atoms with Gasteiger partial charge in [-0.25, -0.2) is 0 Å².